The Morgan fingerprint density at radius 2 is 2.11 bits per heavy atom. The second kappa shape index (κ2) is 6.98. The molecule has 1 aliphatic carbocycles. The number of aromatic nitrogens is 2. The highest BCUT2D eigenvalue weighted by Gasteiger charge is 2.15. The standard InChI is InChI=1S/C14H23N3OS/c1-10-14(11(2)17-16-10)15-13(18)9-19-8-12-6-4-3-5-7-12/h12H,3-9H2,1-2H3,(H,15,18)(H,16,17). The maximum Gasteiger partial charge on any atom is 0.234 e. The quantitative estimate of drug-likeness (QED) is 0.871. The number of H-pyrrole nitrogens is 1. The molecular weight excluding hydrogens is 258 g/mol. The first-order valence-corrected chi connectivity index (χ1v) is 8.21. The fraction of sp³-hybridized carbons (Fsp3) is 0.714. The molecule has 2 N–H and O–H groups in total. The van der Waals surface area contributed by atoms with E-state index >= 15 is 0 Å². The third kappa shape index (κ3) is 4.27. The van der Waals surface area contributed by atoms with Crippen molar-refractivity contribution in [2.45, 2.75) is 46.0 Å². The topological polar surface area (TPSA) is 57.8 Å². The average Bonchev–Trinajstić information content (AvgIpc) is 2.72. The minimum Gasteiger partial charge on any atom is -0.322 e. The Bertz CT molecular complexity index is 405. The smallest absolute Gasteiger partial charge is 0.234 e. The normalized spacial score (nSPS) is 16.5. The Morgan fingerprint density at radius 3 is 2.74 bits per heavy atom. The molecule has 1 aromatic heterocycles. The zero-order valence-electron chi connectivity index (χ0n) is 11.8. The first-order valence-electron chi connectivity index (χ1n) is 7.06. The largest absolute Gasteiger partial charge is 0.322 e. The minimum atomic E-state index is 0.0772. The van der Waals surface area contributed by atoms with Crippen LogP contribution in [0.4, 0.5) is 5.69 Å². The van der Waals surface area contributed by atoms with Gasteiger partial charge in [-0.1, -0.05) is 19.3 Å². The zero-order valence-corrected chi connectivity index (χ0v) is 12.6. The second-order valence-electron chi connectivity index (χ2n) is 5.38. The van der Waals surface area contributed by atoms with E-state index in [1.54, 1.807) is 11.8 Å². The van der Waals surface area contributed by atoms with Crippen molar-refractivity contribution in [1.82, 2.24) is 10.2 Å². The van der Waals surface area contributed by atoms with Crippen molar-refractivity contribution in [1.29, 1.82) is 0 Å². The van der Waals surface area contributed by atoms with Crippen molar-refractivity contribution in [2.24, 2.45) is 5.92 Å². The van der Waals surface area contributed by atoms with Gasteiger partial charge in [0.05, 0.1) is 22.8 Å². The lowest BCUT2D eigenvalue weighted by Gasteiger charge is -2.20. The van der Waals surface area contributed by atoms with Gasteiger partial charge in [-0.2, -0.15) is 16.9 Å². The number of aromatic amines is 1. The minimum absolute atomic E-state index is 0.0772. The number of carbonyl (C=O) groups is 1. The summed E-state index contributed by atoms with van der Waals surface area (Å²) in [5, 5.41) is 9.90. The molecule has 1 amide bonds. The lowest BCUT2D eigenvalue weighted by Crippen LogP contribution is -2.17. The summed E-state index contributed by atoms with van der Waals surface area (Å²) in [6.45, 7) is 3.82. The lowest BCUT2D eigenvalue weighted by molar-refractivity contribution is -0.113. The van der Waals surface area contributed by atoms with E-state index in [1.165, 1.54) is 32.1 Å². The van der Waals surface area contributed by atoms with Crippen LogP contribution in [0, 0.1) is 19.8 Å². The van der Waals surface area contributed by atoms with Gasteiger partial charge in [-0.15, -0.1) is 0 Å². The van der Waals surface area contributed by atoms with Crippen LogP contribution in [-0.4, -0.2) is 27.6 Å². The van der Waals surface area contributed by atoms with Gasteiger partial charge in [0, 0.05) is 0 Å². The van der Waals surface area contributed by atoms with Gasteiger partial charge in [-0.3, -0.25) is 9.89 Å². The van der Waals surface area contributed by atoms with Crippen molar-refractivity contribution >= 4 is 23.4 Å². The molecule has 0 saturated heterocycles. The monoisotopic (exact) mass is 281 g/mol. The molecule has 1 saturated carbocycles. The molecule has 0 atom stereocenters. The molecular formula is C14H23N3OS. The molecule has 1 aliphatic rings. The zero-order chi connectivity index (χ0) is 13.7. The van der Waals surface area contributed by atoms with Crippen molar-refractivity contribution in [3.05, 3.63) is 11.4 Å². The number of hydrogen-bond acceptors (Lipinski definition) is 3. The van der Waals surface area contributed by atoms with Gasteiger partial charge >= 0.3 is 0 Å². The molecule has 1 heterocycles. The predicted molar refractivity (Wildman–Crippen MR) is 80.6 cm³/mol. The van der Waals surface area contributed by atoms with E-state index in [1.807, 2.05) is 13.8 Å². The number of nitrogens with one attached hydrogen (secondary N) is 2. The molecule has 19 heavy (non-hydrogen) atoms. The molecule has 1 fully saturated rings. The van der Waals surface area contributed by atoms with Crippen LogP contribution in [0.5, 0.6) is 0 Å². The molecule has 5 heteroatoms. The van der Waals surface area contributed by atoms with E-state index < -0.39 is 0 Å². The van der Waals surface area contributed by atoms with E-state index in [2.05, 4.69) is 15.5 Å². The molecule has 2 rings (SSSR count). The number of nitrogens with zero attached hydrogens (tertiary/aromatic N) is 1. The highest BCUT2D eigenvalue weighted by atomic mass is 32.2. The van der Waals surface area contributed by atoms with Crippen molar-refractivity contribution in [3.63, 3.8) is 0 Å². The Labute approximate surface area is 119 Å². The highest BCUT2D eigenvalue weighted by molar-refractivity contribution is 7.99. The van der Waals surface area contributed by atoms with Crippen molar-refractivity contribution in [3.8, 4) is 0 Å². The van der Waals surface area contributed by atoms with Crippen LogP contribution in [0.2, 0.25) is 0 Å². The van der Waals surface area contributed by atoms with Crippen LogP contribution in [0.15, 0.2) is 0 Å². The summed E-state index contributed by atoms with van der Waals surface area (Å²) < 4.78 is 0. The molecule has 0 aromatic carbocycles. The van der Waals surface area contributed by atoms with E-state index in [-0.39, 0.29) is 5.91 Å². The summed E-state index contributed by atoms with van der Waals surface area (Å²) in [5.41, 5.74) is 2.61. The number of rotatable bonds is 5. The van der Waals surface area contributed by atoms with Crippen LogP contribution in [0.1, 0.15) is 43.5 Å². The Balaban J connectivity index is 1.70. The summed E-state index contributed by atoms with van der Waals surface area (Å²) in [4.78, 5) is 11.9. The molecule has 0 unspecified atom stereocenters. The summed E-state index contributed by atoms with van der Waals surface area (Å²) in [7, 11) is 0. The summed E-state index contributed by atoms with van der Waals surface area (Å²) in [5.74, 6) is 2.56. The van der Waals surface area contributed by atoms with Crippen molar-refractivity contribution in [2.75, 3.05) is 16.8 Å². The molecule has 4 nitrogen and oxygen atoms in total. The molecule has 0 aliphatic heterocycles. The Hall–Kier alpha value is -0.970. The van der Waals surface area contributed by atoms with E-state index in [0.29, 0.717) is 5.75 Å². The van der Waals surface area contributed by atoms with Gasteiger partial charge in [0.2, 0.25) is 5.91 Å². The number of amides is 1. The molecule has 106 valence electrons. The Morgan fingerprint density at radius 1 is 1.37 bits per heavy atom. The van der Waals surface area contributed by atoms with Crippen LogP contribution < -0.4 is 5.32 Å². The molecule has 1 aromatic rings. The van der Waals surface area contributed by atoms with Crippen LogP contribution in [0.3, 0.4) is 0 Å². The number of hydrogen-bond donors (Lipinski definition) is 2. The predicted octanol–water partition coefficient (Wildman–Crippen LogP) is 3.28. The van der Waals surface area contributed by atoms with Gasteiger partial charge in [0.1, 0.15) is 0 Å². The number of anilines is 1. The lowest BCUT2D eigenvalue weighted by atomic mass is 9.91. The fourth-order valence-corrected chi connectivity index (χ4v) is 3.62. The van der Waals surface area contributed by atoms with Gasteiger partial charge < -0.3 is 5.32 Å². The van der Waals surface area contributed by atoms with E-state index in [9.17, 15) is 4.79 Å². The second-order valence-corrected chi connectivity index (χ2v) is 6.41. The van der Waals surface area contributed by atoms with Gasteiger partial charge in [-0.25, -0.2) is 0 Å². The van der Waals surface area contributed by atoms with Gasteiger partial charge in [-0.05, 0) is 38.4 Å². The first kappa shape index (κ1) is 14.4. The van der Waals surface area contributed by atoms with E-state index in [4.69, 9.17) is 0 Å². The number of carbonyl (C=O) groups excluding carboxylic acids is 1. The van der Waals surface area contributed by atoms with Crippen LogP contribution in [0.25, 0.3) is 0 Å². The molecule has 0 radical (unpaired) electrons. The van der Waals surface area contributed by atoms with Gasteiger partial charge in [0.15, 0.2) is 0 Å². The summed E-state index contributed by atoms with van der Waals surface area (Å²) >= 11 is 1.76. The highest BCUT2D eigenvalue weighted by Crippen LogP contribution is 2.26. The summed E-state index contributed by atoms with van der Waals surface area (Å²) in [6, 6.07) is 0. The maximum absolute atomic E-state index is 11.9. The Kier molecular flexibility index (Phi) is 5.31. The maximum atomic E-state index is 11.9. The fourth-order valence-electron chi connectivity index (χ4n) is 2.58. The average molecular weight is 281 g/mol. The SMILES string of the molecule is Cc1n[nH]c(C)c1NC(=O)CSCC1CCCCC1. The number of aryl methyl sites for hydroxylation is 2. The molecule has 0 spiro atoms. The molecule has 0 bridgehead atoms. The third-order valence-corrected chi connectivity index (χ3v) is 4.88. The third-order valence-electron chi connectivity index (χ3n) is 3.70. The van der Waals surface area contributed by atoms with Crippen LogP contribution in [-0.2, 0) is 4.79 Å². The first-order chi connectivity index (χ1) is 9.16. The van der Waals surface area contributed by atoms with Crippen molar-refractivity contribution < 1.29 is 4.79 Å². The van der Waals surface area contributed by atoms with Crippen LogP contribution >= 0.6 is 11.8 Å². The van der Waals surface area contributed by atoms with Gasteiger partial charge in [0.25, 0.3) is 0 Å². The van der Waals surface area contributed by atoms with E-state index in [0.717, 1.165) is 28.7 Å². The number of thioether (sulfide) groups is 1. The summed E-state index contributed by atoms with van der Waals surface area (Å²) in [6.07, 6.45) is 6.81.